The second-order valence-corrected chi connectivity index (χ2v) is 6.90. The Balaban J connectivity index is 1.44. The normalized spacial score (nSPS) is 29.5. The highest BCUT2D eigenvalue weighted by molar-refractivity contribution is 5.80. The first kappa shape index (κ1) is 16.8. The third-order valence-corrected chi connectivity index (χ3v) is 5.77. The fraction of sp³-hybridized carbons (Fsp3) is 0.833. The molecule has 0 aromatic rings. The zero-order valence-electron chi connectivity index (χ0n) is 14.6. The van der Waals surface area contributed by atoms with Crippen LogP contribution in [0.2, 0.25) is 0 Å². The summed E-state index contributed by atoms with van der Waals surface area (Å²) in [7, 11) is 1.86. The molecule has 5 heteroatoms. The summed E-state index contributed by atoms with van der Waals surface area (Å²) >= 11 is 0. The van der Waals surface area contributed by atoms with Crippen molar-refractivity contribution in [1.29, 1.82) is 0 Å². The molecule has 0 radical (unpaired) electrons. The number of guanidine groups is 1. The smallest absolute Gasteiger partial charge is 0.191 e. The monoisotopic (exact) mass is 321 g/mol. The summed E-state index contributed by atoms with van der Waals surface area (Å²) in [4.78, 5) is 4.40. The molecule has 130 valence electrons. The lowest BCUT2D eigenvalue weighted by Crippen LogP contribution is -2.68. The van der Waals surface area contributed by atoms with Crippen molar-refractivity contribution in [2.45, 2.75) is 57.6 Å². The maximum absolute atomic E-state index is 5.92. The van der Waals surface area contributed by atoms with Gasteiger partial charge in [0.2, 0.25) is 0 Å². The van der Waals surface area contributed by atoms with Gasteiger partial charge in [-0.2, -0.15) is 0 Å². The highest BCUT2D eigenvalue weighted by atomic mass is 16.5. The number of hydrogen-bond acceptors (Lipinski definition) is 3. The van der Waals surface area contributed by atoms with Gasteiger partial charge in [-0.3, -0.25) is 4.99 Å². The van der Waals surface area contributed by atoms with Gasteiger partial charge in [0.1, 0.15) is 0 Å². The van der Waals surface area contributed by atoms with Crippen LogP contribution in [0.25, 0.3) is 0 Å². The Morgan fingerprint density at radius 2 is 2.35 bits per heavy atom. The molecule has 2 atom stereocenters. The molecule has 2 aliphatic carbocycles. The maximum atomic E-state index is 5.92. The first-order chi connectivity index (χ1) is 11.3. The summed E-state index contributed by atoms with van der Waals surface area (Å²) in [6.45, 7) is 5.48. The summed E-state index contributed by atoms with van der Waals surface area (Å²) in [5.74, 6) is 0.934. The van der Waals surface area contributed by atoms with Crippen LogP contribution >= 0.6 is 0 Å². The molecule has 5 nitrogen and oxygen atoms in total. The first-order valence-electron chi connectivity index (χ1n) is 9.13. The second kappa shape index (κ2) is 7.67. The summed E-state index contributed by atoms with van der Waals surface area (Å²) in [6.07, 6.45) is 9.82. The van der Waals surface area contributed by atoms with Crippen LogP contribution in [0.15, 0.2) is 16.6 Å². The van der Waals surface area contributed by atoms with Gasteiger partial charge in [0.05, 0.1) is 19.3 Å². The van der Waals surface area contributed by atoms with Gasteiger partial charge >= 0.3 is 0 Å². The molecule has 3 aliphatic rings. The van der Waals surface area contributed by atoms with Gasteiger partial charge in [-0.25, -0.2) is 0 Å². The molecule has 23 heavy (non-hydrogen) atoms. The zero-order valence-corrected chi connectivity index (χ0v) is 14.6. The summed E-state index contributed by atoms with van der Waals surface area (Å²) < 4.78 is 11.3. The molecule has 1 aliphatic heterocycles. The Morgan fingerprint density at radius 3 is 2.96 bits per heavy atom. The lowest BCUT2D eigenvalue weighted by Gasteiger charge is -2.61. The lowest BCUT2D eigenvalue weighted by molar-refractivity contribution is -0.168. The number of nitrogens with one attached hydrogen (secondary N) is 2. The molecule has 0 bridgehead atoms. The Bertz CT molecular complexity index is 457. The van der Waals surface area contributed by atoms with Crippen molar-refractivity contribution in [3.8, 4) is 0 Å². The predicted molar refractivity (Wildman–Crippen MR) is 92.7 cm³/mol. The van der Waals surface area contributed by atoms with Crippen molar-refractivity contribution >= 4 is 5.96 Å². The highest BCUT2D eigenvalue weighted by Gasteiger charge is 2.59. The van der Waals surface area contributed by atoms with E-state index in [0.29, 0.717) is 17.6 Å². The fourth-order valence-corrected chi connectivity index (χ4v) is 4.13. The van der Waals surface area contributed by atoms with Gasteiger partial charge < -0.3 is 20.1 Å². The Morgan fingerprint density at radius 1 is 1.48 bits per heavy atom. The van der Waals surface area contributed by atoms with Crippen LogP contribution in [-0.2, 0) is 9.47 Å². The van der Waals surface area contributed by atoms with Crippen LogP contribution in [0.1, 0.15) is 45.4 Å². The molecule has 0 amide bonds. The standard InChI is InChI=1S/C18H31N3O2/c1-3-23-16-13-15(18(16)8-4-9-18)21-17(19-2)20-10-5-14-6-11-22-12-7-14/h6,15-16H,3-5,7-13H2,1-2H3,(H2,19,20,21). The van der Waals surface area contributed by atoms with E-state index in [4.69, 9.17) is 9.47 Å². The summed E-state index contributed by atoms with van der Waals surface area (Å²) in [5, 5.41) is 7.10. The van der Waals surface area contributed by atoms with Crippen LogP contribution < -0.4 is 10.6 Å². The topological polar surface area (TPSA) is 54.9 Å². The number of hydrogen-bond donors (Lipinski definition) is 2. The molecule has 0 aromatic heterocycles. The van der Waals surface area contributed by atoms with Gasteiger partial charge in [0.25, 0.3) is 0 Å². The molecule has 0 saturated heterocycles. The molecule has 1 spiro atoms. The van der Waals surface area contributed by atoms with E-state index in [1.165, 1.54) is 24.8 Å². The van der Waals surface area contributed by atoms with Crippen molar-refractivity contribution < 1.29 is 9.47 Å². The van der Waals surface area contributed by atoms with Crippen LogP contribution in [0, 0.1) is 5.41 Å². The van der Waals surface area contributed by atoms with Gasteiger partial charge in [-0.05, 0) is 39.0 Å². The Kier molecular flexibility index (Phi) is 5.59. The van der Waals surface area contributed by atoms with Crippen molar-refractivity contribution in [2.75, 3.05) is 33.4 Å². The third kappa shape index (κ3) is 3.56. The number of rotatable bonds is 6. The molecule has 2 fully saturated rings. The van der Waals surface area contributed by atoms with Crippen molar-refractivity contribution in [3.05, 3.63) is 11.6 Å². The fourth-order valence-electron chi connectivity index (χ4n) is 4.13. The largest absolute Gasteiger partial charge is 0.378 e. The predicted octanol–water partition coefficient (Wildman–Crippen LogP) is 2.24. The van der Waals surface area contributed by atoms with Gasteiger partial charge in [-0.1, -0.05) is 18.1 Å². The van der Waals surface area contributed by atoms with E-state index in [-0.39, 0.29) is 0 Å². The van der Waals surface area contributed by atoms with E-state index in [0.717, 1.165) is 51.6 Å². The van der Waals surface area contributed by atoms with Crippen LogP contribution in [-0.4, -0.2) is 51.5 Å². The minimum Gasteiger partial charge on any atom is -0.378 e. The molecular weight excluding hydrogens is 290 g/mol. The van der Waals surface area contributed by atoms with Crippen LogP contribution in [0.3, 0.4) is 0 Å². The number of aliphatic imine (C=N–C) groups is 1. The van der Waals surface area contributed by atoms with Crippen molar-refractivity contribution in [1.82, 2.24) is 10.6 Å². The van der Waals surface area contributed by atoms with E-state index >= 15 is 0 Å². The van der Waals surface area contributed by atoms with E-state index in [9.17, 15) is 0 Å². The molecular formula is C18H31N3O2. The summed E-state index contributed by atoms with van der Waals surface area (Å²) in [5.41, 5.74) is 1.87. The molecule has 2 saturated carbocycles. The van der Waals surface area contributed by atoms with Crippen LogP contribution in [0.5, 0.6) is 0 Å². The third-order valence-electron chi connectivity index (χ3n) is 5.77. The minimum atomic E-state index is 0.372. The minimum absolute atomic E-state index is 0.372. The maximum Gasteiger partial charge on any atom is 0.191 e. The Hall–Kier alpha value is -1.07. The zero-order chi connectivity index (χ0) is 16.1. The summed E-state index contributed by atoms with van der Waals surface area (Å²) in [6, 6.07) is 0.515. The average molecular weight is 321 g/mol. The van der Waals surface area contributed by atoms with Crippen LogP contribution in [0.4, 0.5) is 0 Å². The van der Waals surface area contributed by atoms with Crippen molar-refractivity contribution in [3.63, 3.8) is 0 Å². The molecule has 2 unspecified atom stereocenters. The quantitative estimate of drug-likeness (QED) is 0.447. The molecule has 3 rings (SSSR count). The van der Waals surface area contributed by atoms with E-state index in [1.54, 1.807) is 0 Å². The molecule has 2 N–H and O–H groups in total. The molecule has 1 heterocycles. The average Bonchev–Trinajstić information content (AvgIpc) is 2.51. The van der Waals surface area contributed by atoms with Gasteiger partial charge in [0.15, 0.2) is 5.96 Å². The highest BCUT2D eigenvalue weighted by Crippen LogP contribution is 2.57. The Labute approximate surface area is 139 Å². The lowest BCUT2D eigenvalue weighted by atomic mass is 9.51. The number of nitrogens with zero attached hydrogens (tertiary/aromatic N) is 1. The van der Waals surface area contributed by atoms with Gasteiger partial charge in [-0.15, -0.1) is 0 Å². The van der Waals surface area contributed by atoms with E-state index in [2.05, 4.69) is 28.6 Å². The van der Waals surface area contributed by atoms with Gasteiger partial charge in [0, 0.05) is 31.7 Å². The SMILES string of the molecule is CCOC1CC(NC(=NC)NCCC2=CCOCC2)C12CCC2. The second-order valence-electron chi connectivity index (χ2n) is 6.90. The van der Waals surface area contributed by atoms with E-state index in [1.807, 2.05) is 7.05 Å². The number of ether oxygens (including phenoxy) is 2. The first-order valence-corrected chi connectivity index (χ1v) is 9.13. The van der Waals surface area contributed by atoms with Crippen molar-refractivity contribution in [2.24, 2.45) is 10.4 Å². The molecule has 0 aromatic carbocycles. The van der Waals surface area contributed by atoms with E-state index < -0.39 is 0 Å².